The first-order valence-electron chi connectivity index (χ1n) is 11.4. The second kappa shape index (κ2) is 12.3. The number of benzene rings is 2. The maximum absolute atomic E-state index is 12.9. The van der Waals surface area contributed by atoms with Crippen molar-refractivity contribution >= 4 is 29.6 Å². The van der Waals surface area contributed by atoms with Gasteiger partial charge in [0.15, 0.2) is 5.75 Å². The van der Waals surface area contributed by atoms with E-state index < -0.39 is 30.4 Å². The number of carbonyl (C=O) groups excluding carboxylic acids is 4. The maximum Gasteiger partial charge on any atom is 0.341 e. The number of likely N-dealkylation sites (tertiary alicyclic amines) is 1. The Kier molecular flexibility index (Phi) is 8.88. The van der Waals surface area contributed by atoms with E-state index in [1.54, 1.807) is 41.3 Å². The van der Waals surface area contributed by atoms with E-state index in [9.17, 15) is 19.2 Å². The molecule has 0 aromatic heterocycles. The van der Waals surface area contributed by atoms with Crippen molar-refractivity contribution in [2.45, 2.75) is 32.2 Å². The van der Waals surface area contributed by atoms with Gasteiger partial charge in [-0.1, -0.05) is 30.3 Å². The predicted octanol–water partition coefficient (Wildman–Crippen LogP) is 2.41. The minimum absolute atomic E-state index is 0.316. The average Bonchev–Trinajstić information content (AvgIpc) is 2.85. The Bertz CT molecular complexity index is 1040. The van der Waals surface area contributed by atoms with Gasteiger partial charge in [-0.15, -0.1) is 0 Å². The molecule has 0 saturated carbocycles. The van der Waals surface area contributed by atoms with E-state index in [2.05, 4.69) is 16.1 Å². The standard InChI is InChI=1S/C24H30N6O5/c1-17(26-23(33)29-14-8-3-9-15-29)22(32)28-30(16-21(25)31)24(34)27-19-12-6-7-13-20(19)35-18-10-4-2-5-11-18/h2,4-7,10-13,17H,3,8-9,14-16H2,1H3,(H2,25,31)(H,26,33)(H,27,34)(H,28,32)/t17-/m0/s1. The predicted molar refractivity (Wildman–Crippen MR) is 129 cm³/mol. The summed E-state index contributed by atoms with van der Waals surface area (Å²) in [4.78, 5) is 51.2. The molecule has 1 saturated heterocycles. The van der Waals surface area contributed by atoms with Crippen LogP contribution in [0, 0.1) is 0 Å². The molecule has 1 aliphatic rings. The molecule has 2 aromatic rings. The number of rotatable bonds is 7. The van der Waals surface area contributed by atoms with Gasteiger partial charge in [-0.3, -0.25) is 15.0 Å². The summed E-state index contributed by atoms with van der Waals surface area (Å²) < 4.78 is 5.83. The van der Waals surface area contributed by atoms with Crippen LogP contribution in [0.1, 0.15) is 26.2 Å². The van der Waals surface area contributed by atoms with Gasteiger partial charge < -0.3 is 26.0 Å². The Morgan fingerprint density at radius 1 is 1.00 bits per heavy atom. The van der Waals surface area contributed by atoms with Crippen LogP contribution in [-0.2, 0) is 9.59 Å². The van der Waals surface area contributed by atoms with Crippen LogP contribution in [0.25, 0.3) is 0 Å². The van der Waals surface area contributed by atoms with E-state index in [-0.39, 0.29) is 6.03 Å². The molecule has 35 heavy (non-hydrogen) atoms. The molecule has 1 heterocycles. The molecule has 11 nitrogen and oxygen atoms in total. The Balaban J connectivity index is 1.64. The number of nitrogens with one attached hydrogen (secondary N) is 3. The normalized spacial score (nSPS) is 13.8. The number of anilines is 1. The van der Waals surface area contributed by atoms with Crippen molar-refractivity contribution in [3.63, 3.8) is 0 Å². The minimum atomic E-state index is -0.957. The SMILES string of the molecule is C[C@H](NC(=O)N1CCCCC1)C(=O)NN(CC(N)=O)C(=O)Nc1ccccc1Oc1ccccc1. The van der Waals surface area contributed by atoms with Crippen LogP contribution in [0.4, 0.5) is 15.3 Å². The highest BCUT2D eigenvalue weighted by molar-refractivity contribution is 5.95. The number of primary amides is 1. The Morgan fingerprint density at radius 2 is 1.66 bits per heavy atom. The maximum atomic E-state index is 12.9. The van der Waals surface area contributed by atoms with Crippen LogP contribution in [0.3, 0.4) is 0 Å². The molecule has 0 radical (unpaired) electrons. The number of nitrogens with zero attached hydrogens (tertiary/aromatic N) is 2. The highest BCUT2D eigenvalue weighted by atomic mass is 16.5. The zero-order valence-electron chi connectivity index (χ0n) is 19.5. The summed E-state index contributed by atoms with van der Waals surface area (Å²) in [6.45, 7) is 2.16. The third-order valence-electron chi connectivity index (χ3n) is 5.28. The molecule has 186 valence electrons. The summed E-state index contributed by atoms with van der Waals surface area (Å²) in [6.07, 6.45) is 2.89. The van der Waals surface area contributed by atoms with Gasteiger partial charge in [0.2, 0.25) is 5.91 Å². The molecule has 0 spiro atoms. The molecule has 0 unspecified atom stereocenters. The van der Waals surface area contributed by atoms with Crippen molar-refractivity contribution in [2.75, 3.05) is 25.0 Å². The number of hydrogen-bond acceptors (Lipinski definition) is 5. The van der Waals surface area contributed by atoms with Gasteiger partial charge in [0.1, 0.15) is 18.3 Å². The molecule has 1 fully saturated rings. The monoisotopic (exact) mass is 482 g/mol. The lowest BCUT2D eigenvalue weighted by atomic mass is 10.1. The van der Waals surface area contributed by atoms with Crippen LogP contribution < -0.4 is 26.5 Å². The molecule has 3 rings (SSSR count). The summed E-state index contributed by atoms with van der Waals surface area (Å²) in [7, 11) is 0. The lowest BCUT2D eigenvalue weighted by Gasteiger charge is -2.29. The molecule has 1 aliphatic heterocycles. The molecule has 6 amide bonds. The van der Waals surface area contributed by atoms with Crippen molar-refractivity contribution in [1.82, 2.24) is 20.7 Å². The minimum Gasteiger partial charge on any atom is -0.455 e. The Hall–Kier alpha value is -4.28. The summed E-state index contributed by atoms with van der Waals surface area (Å²) in [5, 5.41) is 5.99. The van der Waals surface area contributed by atoms with Gasteiger partial charge >= 0.3 is 12.1 Å². The molecular weight excluding hydrogens is 452 g/mol. The van der Waals surface area contributed by atoms with Crippen LogP contribution in [0.15, 0.2) is 54.6 Å². The fourth-order valence-corrected chi connectivity index (χ4v) is 3.44. The van der Waals surface area contributed by atoms with Crippen molar-refractivity contribution in [3.8, 4) is 11.5 Å². The average molecular weight is 483 g/mol. The molecule has 0 bridgehead atoms. The van der Waals surface area contributed by atoms with Crippen LogP contribution >= 0.6 is 0 Å². The number of para-hydroxylation sites is 3. The topological polar surface area (TPSA) is 146 Å². The van der Waals surface area contributed by atoms with Crippen LogP contribution in [0.2, 0.25) is 0 Å². The van der Waals surface area contributed by atoms with E-state index in [4.69, 9.17) is 10.5 Å². The molecule has 2 aromatic carbocycles. The second-order valence-electron chi connectivity index (χ2n) is 8.09. The molecule has 11 heteroatoms. The Morgan fingerprint density at radius 3 is 2.34 bits per heavy atom. The fraction of sp³-hybridized carbons (Fsp3) is 0.333. The quantitative estimate of drug-likeness (QED) is 0.448. The van der Waals surface area contributed by atoms with E-state index in [1.165, 1.54) is 6.92 Å². The summed E-state index contributed by atoms with van der Waals surface area (Å²) in [6, 6.07) is 13.6. The van der Waals surface area contributed by atoms with Crippen molar-refractivity contribution < 1.29 is 23.9 Å². The summed E-state index contributed by atoms with van der Waals surface area (Å²) in [5.41, 5.74) is 7.94. The van der Waals surface area contributed by atoms with Crippen molar-refractivity contribution in [2.24, 2.45) is 5.73 Å². The second-order valence-corrected chi connectivity index (χ2v) is 8.09. The third kappa shape index (κ3) is 7.63. The van der Waals surface area contributed by atoms with Gasteiger partial charge in [0, 0.05) is 13.1 Å². The summed E-state index contributed by atoms with van der Waals surface area (Å²) in [5.74, 6) is -0.589. The van der Waals surface area contributed by atoms with Gasteiger partial charge in [-0.2, -0.15) is 0 Å². The lowest BCUT2D eigenvalue weighted by Crippen LogP contribution is -2.57. The first kappa shape index (κ1) is 25.3. The third-order valence-corrected chi connectivity index (χ3v) is 5.28. The first-order valence-corrected chi connectivity index (χ1v) is 11.4. The van der Waals surface area contributed by atoms with Crippen LogP contribution in [-0.4, -0.2) is 59.5 Å². The van der Waals surface area contributed by atoms with Gasteiger partial charge in [-0.25, -0.2) is 14.6 Å². The molecule has 1 atom stereocenters. The van der Waals surface area contributed by atoms with Gasteiger partial charge in [0.25, 0.3) is 5.91 Å². The number of carbonyl (C=O) groups is 4. The fourth-order valence-electron chi connectivity index (χ4n) is 3.44. The number of hydrogen-bond donors (Lipinski definition) is 4. The zero-order valence-corrected chi connectivity index (χ0v) is 19.5. The number of hydrazine groups is 1. The van der Waals surface area contributed by atoms with E-state index in [0.29, 0.717) is 30.3 Å². The number of amides is 6. The smallest absolute Gasteiger partial charge is 0.341 e. The number of nitrogens with two attached hydrogens (primary N) is 1. The lowest BCUT2D eigenvalue weighted by molar-refractivity contribution is -0.127. The van der Waals surface area contributed by atoms with E-state index >= 15 is 0 Å². The molecule has 5 N–H and O–H groups in total. The largest absolute Gasteiger partial charge is 0.455 e. The Labute approximate surface area is 203 Å². The van der Waals surface area contributed by atoms with Crippen molar-refractivity contribution in [1.29, 1.82) is 0 Å². The van der Waals surface area contributed by atoms with Crippen molar-refractivity contribution in [3.05, 3.63) is 54.6 Å². The number of piperidine rings is 1. The van der Waals surface area contributed by atoms with Gasteiger partial charge in [0.05, 0.1) is 5.69 Å². The first-order chi connectivity index (χ1) is 16.8. The van der Waals surface area contributed by atoms with E-state index in [0.717, 1.165) is 24.3 Å². The van der Waals surface area contributed by atoms with Gasteiger partial charge in [-0.05, 0) is 50.5 Å². The van der Waals surface area contributed by atoms with Crippen LogP contribution in [0.5, 0.6) is 11.5 Å². The highest BCUT2D eigenvalue weighted by Gasteiger charge is 2.25. The highest BCUT2D eigenvalue weighted by Crippen LogP contribution is 2.29. The number of urea groups is 2. The molecular formula is C24H30N6O5. The van der Waals surface area contributed by atoms with E-state index in [1.807, 2.05) is 18.2 Å². The summed E-state index contributed by atoms with van der Waals surface area (Å²) >= 11 is 0. The zero-order chi connectivity index (χ0) is 25.2. The molecule has 0 aliphatic carbocycles. The number of ether oxygens (including phenoxy) is 1.